The maximum Gasteiger partial charge on any atom is 0.219 e. The van der Waals surface area contributed by atoms with Gasteiger partial charge in [-0.1, -0.05) is 39.5 Å². The minimum atomic E-state index is 0.217. The Morgan fingerprint density at radius 3 is 2.38 bits per heavy atom. The summed E-state index contributed by atoms with van der Waals surface area (Å²) in [5.41, 5.74) is 0. The van der Waals surface area contributed by atoms with Crippen molar-refractivity contribution in [2.75, 3.05) is 0 Å². The lowest BCUT2D eigenvalue weighted by Gasteiger charge is -2.29. The van der Waals surface area contributed by atoms with Crippen molar-refractivity contribution < 1.29 is 4.79 Å². The van der Waals surface area contributed by atoms with E-state index < -0.39 is 0 Å². The summed E-state index contributed by atoms with van der Waals surface area (Å²) < 4.78 is 0. The summed E-state index contributed by atoms with van der Waals surface area (Å²) in [5.74, 6) is 1.15. The van der Waals surface area contributed by atoms with E-state index in [1.165, 1.54) is 51.4 Å². The average molecular weight is 225 g/mol. The molecule has 2 heteroatoms. The van der Waals surface area contributed by atoms with E-state index in [4.69, 9.17) is 0 Å². The molecule has 1 N–H and O–H groups in total. The van der Waals surface area contributed by atoms with Crippen molar-refractivity contribution in [3.63, 3.8) is 0 Å². The van der Waals surface area contributed by atoms with Crippen LogP contribution in [0.25, 0.3) is 0 Å². The predicted octanol–water partition coefficient (Wildman–Crippen LogP) is 3.65. The Kier molecular flexibility index (Phi) is 6.51. The van der Waals surface area contributed by atoms with Gasteiger partial charge in [0.15, 0.2) is 0 Å². The molecule has 0 atom stereocenters. The fourth-order valence-electron chi connectivity index (χ4n) is 2.61. The van der Waals surface area contributed by atoms with E-state index in [1.54, 1.807) is 0 Å². The number of carbonyl (C=O) groups is 1. The van der Waals surface area contributed by atoms with E-state index in [2.05, 4.69) is 12.2 Å². The van der Waals surface area contributed by atoms with Crippen LogP contribution in [0.2, 0.25) is 0 Å². The van der Waals surface area contributed by atoms with Gasteiger partial charge >= 0.3 is 0 Å². The molecule has 0 aromatic rings. The first-order chi connectivity index (χ1) is 7.76. The molecule has 0 bridgehead atoms. The fourth-order valence-corrected chi connectivity index (χ4v) is 2.61. The predicted molar refractivity (Wildman–Crippen MR) is 68.3 cm³/mol. The van der Waals surface area contributed by atoms with Gasteiger partial charge in [-0.25, -0.2) is 0 Å². The number of nitrogens with one attached hydrogen (secondary N) is 1. The summed E-state index contributed by atoms with van der Waals surface area (Å²) in [6.07, 6.45) is 11.2. The molecular weight excluding hydrogens is 198 g/mol. The molecule has 0 aliphatic heterocycles. The molecule has 94 valence electrons. The fraction of sp³-hybridized carbons (Fsp3) is 0.929. The third-order valence-electron chi connectivity index (χ3n) is 3.75. The van der Waals surface area contributed by atoms with Crippen molar-refractivity contribution in [3.05, 3.63) is 0 Å². The summed E-state index contributed by atoms with van der Waals surface area (Å²) in [6, 6.07) is 0.467. The highest BCUT2D eigenvalue weighted by Gasteiger charge is 2.21. The SMILES string of the molecule is CCCCCC1CCC(NC(=O)CC)CC1. The summed E-state index contributed by atoms with van der Waals surface area (Å²) in [7, 11) is 0. The van der Waals surface area contributed by atoms with E-state index in [-0.39, 0.29) is 5.91 Å². The van der Waals surface area contributed by atoms with Crippen molar-refractivity contribution in [2.45, 2.75) is 77.7 Å². The Bertz CT molecular complexity index is 195. The van der Waals surface area contributed by atoms with Crippen molar-refractivity contribution >= 4 is 5.91 Å². The Morgan fingerprint density at radius 1 is 1.12 bits per heavy atom. The third-order valence-corrected chi connectivity index (χ3v) is 3.75. The van der Waals surface area contributed by atoms with Crippen molar-refractivity contribution in [1.82, 2.24) is 5.32 Å². The van der Waals surface area contributed by atoms with Crippen molar-refractivity contribution in [1.29, 1.82) is 0 Å². The second kappa shape index (κ2) is 7.70. The molecule has 16 heavy (non-hydrogen) atoms. The normalized spacial score (nSPS) is 25.4. The van der Waals surface area contributed by atoms with Crippen LogP contribution in [-0.2, 0) is 4.79 Å². The molecule has 0 aromatic carbocycles. The van der Waals surface area contributed by atoms with Crippen LogP contribution in [0.5, 0.6) is 0 Å². The second-order valence-electron chi connectivity index (χ2n) is 5.13. The van der Waals surface area contributed by atoms with Gasteiger partial charge in [-0.2, -0.15) is 0 Å². The Morgan fingerprint density at radius 2 is 1.81 bits per heavy atom. The van der Waals surface area contributed by atoms with Crippen LogP contribution >= 0.6 is 0 Å². The van der Waals surface area contributed by atoms with Crippen LogP contribution in [0.4, 0.5) is 0 Å². The van der Waals surface area contributed by atoms with Crippen LogP contribution in [0.1, 0.15) is 71.6 Å². The minimum Gasteiger partial charge on any atom is -0.353 e. The van der Waals surface area contributed by atoms with E-state index in [1.807, 2.05) is 6.92 Å². The molecule has 2 nitrogen and oxygen atoms in total. The first-order valence-corrected chi connectivity index (χ1v) is 7.05. The molecule has 1 aliphatic rings. The lowest BCUT2D eigenvalue weighted by Crippen LogP contribution is -2.37. The smallest absolute Gasteiger partial charge is 0.219 e. The Labute approximate surface area is 100 Å². The van der Waals surface area contributed by atoms with Crippen LogP contribution in [0, 0.1) is 5.92 Å². The molecule has 1 fully saturated rings. The summed E-state index contributed by atoms with van der Waals surface area (Å²) in [6.45, 7) is 4.18. The van der Waals surface area contributed by atoms with Gasteiger partial charge in [-0.05, 0) is 31.6 Å². The van der Waals surface area contributed by atoms with Crippen LogP contribution in [0.15, 0.2) is 0 Å². The summed E-state index contributed by atoms with van der Waals surface area (Å²) >= 11 is 0. The van der Waals surface area contributed by atoms with E-state index in [0.29, 0.717) is 12.5 Å². The molecule has 1 rings (SSSR count). The third kappa shape index (κ3) is 5.00. The van der Waals surface area contributed by atoms with Gasteiger partial charge in [-0.15, -0.1) is 0 Å². The molecule has 1 amide bonds. The molecule has 0 aromatic heterocycles. The van der Waals surface area contributed by atoms with Gasteiger partial charge in [0, 0.05) is 12.5 Å². The standard InChI is InChI=1S/C14H27NO/c1-3-5-6-7-12-8-10-13(11-9-12)15-14(16)4-2/h12-13H,3-11H2,1-2H3,(H,15,16). The highest BCUT2D eigenvalue weighted by atomic mass is 16.1. The number of amides is 1. The first-order valence-electron chi connectivity index (χ1n) is 7.05. The first kappa shape index (κ1) is 13.5. The van der Waals surface area contributed by atoms with Gasteiger partial charge in [0.25, 0.3) is 0 Å². The Hall–Kier alpha value is -0.530. The molecule has 0 heterocycles. The molecule has 0 saturated heterocycles. The molecule has 0 unspecified atom stereocenters. The zero-order valence-corrected chi connectivity index (χ0v) is 10.9. The van der Waals surface area contributed by atoms with Gasteiger partial charge in [0.2, 0.25) is 5.91 Å². The van der Waals surface area contributed by atoms with Gasteiger partial charge in [-0.3, -0.25) is 4.79 Å². The lowest BCUT2D eigenvalue weighted by molar-refractivity contribution is -0.121. The number of carbonyl (C=O) groups excluding carboxylic acids is 1. The number of rotatable bonds is 6. The van der Waals surface area contributed by atoms with Crippen LogP contribution < -0.4 is 5.32 Å². The highest BCUT2D eigenvalue weighted by molar-refractivity contribution is 5.75. The van der Waals surface area contributed by atoms with Gasteiger partial charge in [0.1, 0.15) is 0 Å². The zero-order valence-electron chi connectivity index (χ0n) is 10.9. The average Bonchev–Trinajstić information content (AvgIpc) is 2.31. The van der Waals surface area contributed by atoms with E-state index >= 15 is 0 Å². The second-order valence-corrected chi connectivity index (χ2v) is 5.13. The van der Waals surface area contributed by atoms with Crippen molar-refractivity contribution in [2.24, 2.45) is 5.92 Å². The molecule has 0 radical (unpaired) electrons. The molecular formula is C14H27NO. The quantitative estimate of drug-likeness (QED) is 0.687. The van der Waals surface area contributed by atoms with Crippen molar-refractivity contribution in [3.8, 4) is 0 Å². The molecule has 1 aliphatic carbocycles. The zero-order chi connectivity index (χ0) is 11.8. The Balaban J connectivity index is 2.11. The van der Waals surface area contributed by atoms with Gasteiger partial charge in [0.05, 0.1) is 0 Å². The number of hydrogen-bond acceptors (Lipinski definition) is 1. The van der Waals surface area contributed by atoms with E-state index in [9.17, 15) is 4.79 Å². The number of unbranched alkanes of at least 4 members (excludes halogenated alkanes) is 2. The monoisotopic (exact) mass is 225 g/mol. The minimum absolute atomic E-state index is 0.217. The highest BCUT2D eigenvalue weighted by Crippen LogP contribution is 2.28. The summed E-state index contributed by atoms with van der Waals surface area (Å²) in [5, 5.41) is 3.12. The number of hydrogen-bond donors (Lipinski definition) is 1. The lowest BCUT2D eigenvalue weighted by atomic mass is 9.83. The van der Waals surface area contributed by atoms with Crippen LogP contribution in [0.3, 0.4) is 0 Å². The van der Waals surface area contributed by atoms with E-state index in [0.717, 1.165) is 5.92 Å². The van der Waals surface area contributed by atoms with Crippen LogP contribution in [-0.4, -0.2) is 11.9 Å². The largest absolute Gasteiger partial charge is 0.353 e. The van der Waals surface area contributed by atoms with Gasteiger partial charge < -0.3 is 5.32 Å². The maximum absolute atomic E-state index is 11.3. The topological polar surface area (TPSA) is 29.1 Å². The maximum atomic E-state index is 11.3. The molecule has 0 spiro atoms. The molecule has 1 saturated carbocycles. The summed E-state index contributed by atoms with van der Waals surface area (Å²) in [4.78, 5) is 11.3.